The standard InChI is InChI=1S/C19H22O4S/c1-13-16(20)17(21)18(22-12-14-8-4-2-5-9-14)19(23-13)24-15-10-6-3-7-11-15/h2-11,13,16-21H,12H2,1H3/t13?,16-,17+,18?,19-/m1/s1. The zero-order valence-corrected chi connectivity index (χ0v) is 14.3. The molecule has 3 rings (SSSR count). The molecule has 128 valence electrons. The molecule has 2 aromatic rings. The van der Waals surface area contributed by atoms with Crippen molar-refractivity contribution in [1.29, 1.82) is 0 Å². The SMILES string of the molecule is CC1O[C@H](Sc2ccccc2)C(OCc2ccccc2)[C@@H](O)[C@@H]1O. The quantitative estimate of drug-likeness (QED) is 0.872. The molecule has 2 unspecified atom stereocenters. The Morgan fingerprint density at radius 2 is 1.58 bits per heavy atom. The Bertz CT molecular complexity index is 622. The summed E-state index contributed by atoms with van der Waals surface area (Å²) >= 11 is 1.50. The highest BCUT2D eigenvalue weighted by atomic mass is 32.2. The van der Waals surface area contributed by atoms with Crippen molar-refractivity contribution in [2.24, 2.45) is 0 Å². The van der Waals surface area contributed by atoms with E-state index in [9.17, 15) is 10.2 Å². The number of hydrogen-bond donors (Lipinski definition) is 2. The van der Waals surface area contributed by atoms with E-state index in [1.807, 2.05) is 60.7 Å². The van der Waals surface area contributed by atoms with Crippen LogP contribution >= 0.6 is 11.8 Å². The lowest BCUT2D eigenvalue weighted by Crippen LogP contribution is -2.56. The molecule has 24 heavy (non-hydrogen) atoms. The predicted octanol–water partition coefficient (Wildman–Crippen LogP) is 2.83. The molecule has 0 spiro atoms. The number of rotatable bonds is 5. The van der Waals surface area contributed by atoms with E-state index in [4.69, 9.17) is 9.47 Å². The number of benzene rings is 2. The third-order valence-corrected chi connectivity index (χ3v) is 5.22. The molecule has 4 nitrogen and oxygen atoms in total. The molecule has 1 aliphatic heterocycles. The van der Waals surface area contributed by atoms with Crippen molar-refractivity contribution >= 4 is 11.8 Å². The van der Waals surface area contributed by atoms with Gasteiger partial charge in [-0.25, -0.2) is 0 Å². The van der Waals surface area contributed by atoms with Gasteiger partial charge in [-0.05, 0) is 24.6 Å². The highest BCUT2D eigenvalue weighted by Gasteiger charge is 2.43. The molecule has 1 aliphatic rings. The van der Waals surface area contributed by atoms with Crippen LogP contribution in [0.3, 0.4) is 0 Å². The second-order valence-corrected chi connectivity index (χ2v) is 7.05. The van der Waals surface area contributed by atoms with Gasteiger partial charge in [0.25, 0.3) is 0 Å². The maximum atomic E-state index is 10.5. The summed E-state index contributed by atoms with van der Waals surface area (Å²) in [6.07, 6.45) is -3.00. The molecule has 1 heterocycles. The smallest absolute Gasteiger partial charge is 0.136 e. The minimum Gasteiger partial charge on any atom is -0.388 e. The molecule has 2 N–H and O–H groups in total. The molecule has 5 atom stereocenters. The van der Waals surface area contributed by atoms with Crippen molar-refractivity contribution in [1.82, 2.24) is 0 Å². The van der Waals surface area contributed by atoms with Crippen LogP contribution in [0.15, 0.2) is 65.6 Å². The zero-order valence-electron chi connectivity index (χ0n) is 13.5. The molecule has 5 heteroatoms. The van der Waals surface area contributed by atoms with E-state index in [2.05, 4.69) is 0 Å². The molecule has 1 fully saturated rings. The fraction of sp³-hybridized carbons (Fsp3) is 0.368. The summed E-state index contributed by atoms with van der Waals surface area (Å²) in [5.41, 5.74) is 0.630. The molecular weight excluding hydrogens is 324 g/mol. The van der Waals surface area contributed by atoms with Crippen LogP contribution in [-0.2, 0) is 16.1 Å². The summed E-state index contributed by atoms with van der Waals surface area (Å²) in [7, 11) is 0. The lowest BCUT2D eigenvalue weighted by Gasteiger charge is -2.41. The highest BCUT2D eigenvalue weighted by molar-refractivity contribution is 7.99. The van der Waals surface area contributed by atoms with Gasteiger partial charge in [0.1, 0.15) is 23.7 Å². The molecule has 0 radical (unpaired) electrons. The van der Waals surface area contributed by atoms with Gasteiger partial charge in [0.2, 0.25) is 0 Å². The summed E-state index contributed by atoms with van der Waals surface area (Å²) in [6.45, 7) is 2.12. The summed E-state index contributed by atoms with van der Waals surface area (Å²) in [5.74, 6) is 0. The van der Waals surface area contributed by atoms with Crippen LogP contribution in [0.4, 0.5) is 0 Å². The van der Waals surface area contributed by atoms with Crippen molar-refractivity contribution in [3.8, 4) is 0 Å². The largest absolute Gasteiger partial charge is 0.388 e. The first-order valence-electron chi connectivity index (χ1n) is 8.04. The van der Waals surface area contributed by atoms with Crippen molar-refractivity contribution in [2.45, 2.75) is 48.3 Å². The third-order valence-electron chi connectivity index (χ3n) is 4.07. The molecule has 1 saturated heterocycles. The number of aliphatic hydroxyl groups excluding tert-OH is 2. The minimum absolute atomic E-state index is 0.360. The average molecular weight is 346 g/mol. The summed E-state index contributed by atoms with van der Waals surface area (Å²) < 4.78 is 11.8. The predicted molar refractivity (Wildman–Crippen MR) is 93.7 cm³/mol. The Morgan fingerprint density at radius 1 is 0.958 bits per heavy atom. The van der Waals surface area contributed by atoms with Crippen LogP contribution in [0, 0.1) is 0 Å². The molecule has 0 saturated carbocycles. The van der Waals surface area contributed by atoms with E-state index in [1.165, 1.54) is 11.8 Å². The maximum Gasteiger partial charge on any atom is 0.136 e. The van der Waals surface area contributed by atoms with E-state index in [-0.39, 0.29) is 5.44 Å². The lowest BCUT2D eigenvalue weighted by molar-refractivity contribution is -0.210. The van der Waals surface area contributed by atoms with Crippen LogP contribution in [0.25, 0.3) is 0 Å². The van der Waals surface area contributed by atoms with Gasteiger partial charge in [0, 0.05) is 4.90 Å². The van der Waals surface area contributed by atoms with Crippen molar-refractivity contribution in [2.75, 3.05) is 0 Å². The molecular formula is C19H22O4S. The van der Waals surface area contributed by atoms with Gasteiger partial charge in [-0.2, -0.15) is 0 Å². The van der Waals surface area contributed by atoms with E-state index in [1.54, 1.807) is 6.92 Å². The topological polar surface area (TPSA) is 58.9 Å². The zero-order chi connectivity index (χ0) is 16.9. The number of hydrogen-bond acceptors (Lipinski definition) is 5. The average Bonchev–Trinajstić information content (AvgIpc) is 2.61. The van der Waals surface area contributed by atoms with E-state index in [0.29, 0.717) is 6.61 Å². The number of aliphatic hydroxyl groups is 2. The van der Waals surface area contributed by atoms with Crippen LogP contribution in [0.5, 0.6) is 0 Å². The molecule has 0 aromatic heterocycles. The Labute approximate surface area is 146 Å². The van der Waals surface area contributed by atoms with Crippen LogP contribution < -0.4 is 0 Å². The van der Waals surface area contributed by atoms with E-state index in [0.717, 1.165) is 10.5 Å². The Kier molecular flexibility index (Phi) is 5.92. The fourth-order valence-electron chi connectivity index (χ4n) is 2.67. The summed E-state index contributed by atoms with van der Waals surface area (Å²) in [4.78, 5) is 1.03. The molecule has 0 amide bonds. The first-order chi connectivity index (χ1) is 11.6. The monoisotopic (exact) mass is 346 g/mol. The first kappa shape index (κ1) is 17.5. The van der Waals surface area contributed by atoms with Gasteiger partial charge in [0.05, 0.1) is 12.7 Å². The van der Waals surface area contributed by atoms with Crippen molar-refractivity contribution in [3.63, 3.8) is 0 Å². The maximum absolute atomic E-state index is 10.5. The highest BCUT2D eigenvalue weighted by Crippen LogP contribution is 2.35. The van der Waals surface area contributed by atoms with Crippen LogP contribution in [-0.4, -0.2) is 40.1 Å². The van der Waals surface area contributed by atoms with Gasteiger partial charge in [-0.15, -0.1) is 0 Å². The summed E-state index contributed by atoms with van der Waals surface area (Å²) in [6, 6.07) is 19.6. The van der Waals surface area contributed by atoms with Crippen molar-refractivity contribution < 1.29 is 19.7 Å². The number of ether oxygens (including phenoxy) is 2. The molecule has 0 bridgehead atoms. The van der Waals surface area contributed by atoms with Gasteiger partial charge in [-0.1, -0.05) is 60.3 Å². The Hall–Kier alpha value is -1.37. The van der Waals surface area contributed by atoms with Gasteiger partial charge < -0.3 is 19.7 Å². The van der Waals surface area contributed by atoms with Crippen LogP contribution in [0.2, 0.25) is 0 Å². The van der Waals surface area contributed by atoms with Gasteiger partial charge in [-0.3, -0.25) is 0 Å². The second kappa shape index (κ2) is 8.14. The van der Waals surface area contributed by atoms with Gasteiger partial charge in [0.15, 0.2) is 0 Å². The minimum atomic E-state index is -0.987. The molecule has 2 aromatic carbocycles. The Morgan fingerprint density at radius 3 is 2.25 bits per heavy atom. The van der Waals surface area contributed by atoms with E-state index >= 15 is 0 Å². The van der Waals surface area contributed by atoms with Crippen molar-refractivity contribution in [3.05, 3.63) is 66.2 Å². The third kappa shape index (κ3) is 4.18. The van der Waals surface area contributed by atoms with Crippen LogP contribution in [0.1, 0.15) is 12.5 Å². The molecule has 0 aliphatic carbocycles. The second-order valence-electron chi connectivity index (χ2n) is 5.88. The lowest BCUT2D eigenvalue weighted by atomic mass is 10.0. The fourth-order valence-corrected chi connectivity index (χ4v) is 3.86. The number of thioether (sulfide) groups is 1. The van der Waals surface area contributed by atoms with E-state index < -0.39 is 24.4 Å². The summed E-state index contributed by atoms with van der Waals surface area (Å²) in [5, 5.41) is 20.6. The Balaban J connectivity index is 1.72. The normalized spacial score (nSPS) is 30.2. The first-order valence-corrected chi connectivity index (χ1v) is 8.92. The van der Waals surface area contributed by atoms with Gasteiger partial charge >= 0.3 is 0 Å².